The van der Waals surface area contributed by atoms with Gasteiger partial charge in [-0.25, -0.2) is 9.78 Å². The van der Waals surface area contributed by atoms with E-state index in [1.807, 2.05) is 37.3 Å². The normalized spacial score (nSPS) is 10.4. The molecule has 0 saturated heterocycles. The zero-order chi connectivity index (χ0) is 17.5. The summed E-state index contributed by atoms with van der Waals surface area (Å²) in [5, 5.41) is 9.40. The SMILES string of the molecule is CCN(Cc1ccccc1)C(=O)c1ncc(COC)cc1C(=O)O. The summed E-state index contributed by atoms with van der Waals surface area (Å²) in [6.07, 6.45) is 1.47. The number of aromatic nitrogens is 1. The molecule has 1 N–H and O–H groups in total. The maximum atomic E-state index is 12.7. The summed E-state index contributed by atoms with van der Waals surface area (Å²) in [5.41, 5.74) is 1.42. The van der Waals surface area contributed by atoms with Gasteiger partial charge in [-0.2, -0.15) is 0 Å². The molecule has 0 fully saturated rings. The van der Waals surface area contributed by atoms with E-state index >= 15 is 0 Å². The van der Waals surface area contributed by atoms with Crippen LogP contribution in [-0.4, -0.2) is 40.5 Å². The quantitative estimate of drug-likeness (QED) is 0.845. The number of pyridine rings is 1. The number of carbonyl (C=O) groups is 2. The minimum absolute atomic E-state index is 0.0554. The Morgan fingerprint density at radius 1 is 1.21 bits per heavy atom. The molecule has 0 radical (unpaired) electrons. The topological polar surface area (TPSA) is 79.7 Å². The Balaban J connectivity index is 2.30. The lowest BCUT2D eigenvalue weighted by Gasteiger charge is -2.21. The Bertz CT molecular complexity index is 716. The van der Waals surface area contributed by atoms with Gasteiger partial charge in [0.15, 0.2) is 0 Å². The van der Waals surface area contributed by atoms with Crippen LogP contribution in [0.2, 0.25) is 0 Å². The number of hydrogen-bond donors (Lipinski definition) is 1. The van der Waals surface area contributed by atoms with Gasteiger partial charge in [-0.05, 0) is 24.1 Å². The first-order valence-electron chi connectivity index (χ1n) is 7.61. The van der Waals surface area contributed by atoms with Crippen LogP contribution in [0.25, 0.3) is 0 Å². The van der Waals surface area contributed by atoms with Crippen molar-refractivity contribution in [1.82, 2.24) is 9.88 Å². The molecule has 0 atom stereocenters. The average Bonchev–Trinajstić information content (AvgIpc) is 2.60. The molecule has 0 aliphatic carbocycles. The zero-order valence-electron chi connectivity index (χ0n) is 13.7. The van der Waals surface area contributed by atoms with Crippen LogP contribution in [0, 0.1) is 0 Å². The predicted octanol–water partition coefficient (Wildman–Crippen LogP) is 2.59. The van der Waals surface area contributed by atoms with E-state index < -0.39 is 11.9 Å². The Hall–Kier alpha value is -2.73. The number of carboxylic acid groups (broad SMARTS) is 1. The van der Waals surface area contributed by atoms with Crippen LogP contribution >= 0.6 is 0 Å². The largest absolute Gasteiger partial charge is 0.478 e. The van der Waals surface area contributed by atoms with Crippen molar-refractivity contribution in [2.24, 2.45) is 0 Å². The molecule has 0 saturated carbocycles. The fraction of sp³-hybridized carbons (Fsp3) is 0.278. The first kappa shape index (κ1) is 17.6. The van der Waals surface area contributed by atoms with Crippen LogP contribution in [-0.2, 0) is 17.9 Å². The van der Waals surface area contributed by atoms with Crippen molar-refractivity contribution in [2.45, 2.75) is 20.1 Å². The second-order valence-electron chi connectivity index (χ2n) is 5.28. The van der Waals surface area contributed by atoms with Crippen LogP contribution < -0.4 is 0 Å². The number of methoxy groups -OCH3 is 1. The highest BCUT2D eigenvalue weighted by Gasteiger charge is 2.23. The van der Waals surface area contributed by atoms with Crippen LogP contribution in [0.1, 0.15) is 38.9 Å². The van der Waals surface area contributed by atoms with Crippen molar-refractivity contribution >= 4 is 11.9 Å². The minimum Gasteiger partial charge on any atom is -0.478 e. The fourth-order valence-electron chi connectivity index (χ4n) is 2.37. The third-order valence-corrected chi connectivity index (χ3v) is 3.57. The van der Waals surface area contributed by atoms with Gasteiger partial charge in [0.05, 0.1) is 12.2 Å². The Kier molecular flexibility index (Phi) is 6.03. The van der Waals surface area contributed by atoms with E-state index in [4.69, 9.17) is 4.74 Å². The molecule has 0 bridgehead atoms. The van der Waals surface area contributed by atoms with Crippen LogP contribution in [0.3, 0.4) is 0 Å². The lowest BCUT2D eigenvalue weighted by molar-refractivity contribution is 0.0670. The minimum atomic E-state index is -1.18. The van der Waals surface area contributed by atoms with Gasteiger partial charge in [0.2, 0.25) is 0 Å². The van der Waals surface area contributed by atoms with E-state index in [1.165, 1.54) is 19.4 Å². The Labute approximate surface area is 140 Å². The molecule has 2 aromatic rings. The number of amides is 1. The Morgan fingerprint density at radius 3 is 2.50 bits per heavy atom. The van der Waals surface area contributed by atoms with E-state index in [9.17, 15) is 14.7 Å². The van der Waals surface area contributed by atoms with Gasteiger partial charge in [-0.3, -0.25) is 4.79 Å². The summed E-state index contributed by atoms with van der Waals surface area (Å²) in [7, 11) is 1.51. The van der Waals surface area contributed by atoms with Crippen LogP contribution in [0.15, 0.2) is 42.6 Å². The van der Waals surface area contributed by atoms with E-state index in [0.717, 1.165) is 5.56 Å². The summed E-state index contributed by atoms with van der Waals surface area (Å²) >= 11 is 0. The van der Waals surface area contributed by atoms with Crippen molar-refractivity contribution in [1.29, 1.82) is 0 Å². The first-order chi connectivity index (χ1) is 11.6. The molecule has 2 rings (SSSR count). The Morgan fingerprint density at radius 2 is 1.92 bits per heavy atom. The fourth-order valence-corrected chi connectivity index (χ4v) is 2.37. The van der Waals surface area contributed by atoms with E-state index in [-0.39, 0.29) is 17.9 Å². The number of rotatable bonds is 7. The number of carbonyl (C=O) groups excluding carboxylic acids is 1. The molecular formula is C18H20N2O4. The van der Waals surface area contributed by atoms with Crippen LogP contribution in [0.4, 0.5) is 0 Å². The monoisotopic (exact) mass is 328 g/mol. The standard InChI is InChI=1S/C18H20N2O4/c1-3-20(11-13-7-5-4-6-8-13)17(21)16-15(18(22)23)9-14(10-19-16)12-24-2/h4-10H,3,11-12H2,1-2H3,(H,22,23). The van der Waals surface area contributed by atoms with Crippen molar-refractivity contribution in [3.05, 3.63) is 65.0 Å². The highest BCUT2D eigenvalue weighted by Crippen LogP contribution is 2.15. The van der Waals surface area contributed by atoms with Gasteiger partial charge in [0, 0.05) is 26.4 Å². The average molecular weight is 328 g/mol. The van der Waals surface area contributed by atoms with Crippen molar-refractivity contribution < 1.29 is 19.4 Å². The van der Waals surface area contributed by atoms with E-state index in [0.29, 0.717) is 18.7 Å². The molecule has 126 valence electrons. The molecule has 1 aromatic carbocycles. The zero-order valence-corrected chi connectivity index (χ0v) is 13.7. The lowest BCUT2D eigenvalue weighted by atomic mass is 10.1. The molecule has 0 unspecified atom stereocenters. The first-order valence-corrected chi connectivity index (χ1v) is 7.61. The summed E-state index contributed by atoms with van der Waals surface area (Å²) in [6, 6.07) is 11.0. The number of ether oxygens (including phenoxy) is 1. The van der Waals surface area contributed by atoms with Gasteiger partial charge >= 0.3 is 5.97 Å². The molecule has 24 heavy (non-hydrogen) atoms. The number of aromatic carboxylic acids is 1. The summed E-state index contributed by atoms with van der Waals surface area (Å²) < 4.78 is 4.98. The van der Waals surface area contributed by atoms with Gasteiger partial charge in [0.1, 0.15) is 5.69 Å². The second-order valence-corrected chi connectivity index (χ2v) is 5.28. The number of carboxylic acids is 1. The van der Waals surface area contributed by atoms with E-state index in [2.05, 4.69) is 4.98 Å². The molecular weight excluding hydrogens is 308 g/mol. The maximum Gasteiger partial charge on any atom is 0.338 e. The molecule has 6 heteroatoms. The summed E-state index contributed by atoms with van der Waals surface area (Å²) in [6.45, 7) is 2.94. The summed E-state index contributed by atoms with van der Waals surface area (Å²) in [4.78, 5) is 29.9. The highest BCUT2D eigenvalue weighted by atomic mass is 16.5. The lowest BCUT2D eigenvalue weighted by Crippen LogP contribution is -2.32. The smallest absolute Gasteiger partial charge is 0.338 e. The third-order valence-electron chi connectivity index (χ3n) is 3.57. The van der Waals surface area contributed by atoms with Gasteiger partial charge in [0.25, 0.3) is 5.91 Å². The number of benzene rings is 1. The molecule has 0 aliphatic rings. The number of nitrogens with zero attached hydrogens (tertiary/aromatic N) is 2. The highest BCUT2D eigenvalue weighted by molar-refractivity contribution is 6.03. The van der Waals surface area contributed by atoms with Gasteiger partial charge in [-0.15, -0.1) is 0 Å². The molecule has 1 aromatic heterocycles. The van der Waals surface area contributed by atoms with Crippen molar-refractivity contribution in [3.8, 4) is 0 Å². The molecule has 1 amide bonds. The molecule has 6 nitrogen and oxygen atoms in total. The summed E-state index contributed by atoms with van der Waals surface area (Å²) in [5.74, 6) is -1.58. The van der Waals surface area contributed by atoms with Crippen LogP contribution in [0.5, 0.6) is 0 Å². The second kappa shape index (κ2) is 8.21. The number of hydrogen-bond acceptors (Lipinski definition) is 4. The molecule has 0 spiro atoms. The van der Waals surface area contributed by atoms with Gasteiger partial charge < -0.3 is 14.7 Å². The van der Waals surface area contributed by atoms with Crippen molar-refractivity contribution in [3.63, 3.8) is 0 Å². The molecule has 0 aliphatic heterocycles. The predicted molar refractivity (Wildman–Crippen MR) is 88.8 cm³/mol. The van der Waals surface area contributed by atoms with Gasteiger partial charge in [-0.1, -0.05) is 30.3 Å². The van der Waals surface area contributed by atoms with E-state index in [1.54, 1.807) is 4.90 Å². The maximum absolute atomic E-state index is 12.7. The third kappa shape index (κ3) is 4.17. The molecule has 1 heterocycles. The van der Waals surface area contributed by atoms with Crippen molar-refractivity contribution in [2.75, 3.05) is 13.7 Å².